The van der Waals surface area contributed by atoms with Gasteiger partial charge in [-0.1, -0.05) is 18.2 Å². The van der Waals surface area contributed by atoms with Crippen LogP contribution in [0.15, 0.2) is 30.3 Å². The van der Waals surface area contributed by atoms with E-state index in [4.69, 9.17) is 5.84 Å². The molecule has 21 heavy (non-hydrogen) atoms. The van der Waals surface area contributed by atoms with Crippen LogP contribution in [-0.2, 0) is 0 Å². The van der Waals surface area contributed by atoms with Gasteiger partial charge in [-0.3, -0.25) is 0 Å². The van der Waals surface area contributed by atoms with Gasteiger partial charge in [0, 0.05) is 18.7 Å². The first-order chi connectivity index (χ1) is 9.95. The topological polar surface area (TPSA) is 54.2 Å². The lowest BCUT2D eigenvalue weighted by Crippen LogP contribution is -2.25. The summed E-state index contributed by atoms with van der Waals surface area (Å²) in [6.45, 7) is 1.69. The molecule has 4 nitrogen and oxygen atoms in total. The molecule has 0 spiro atoms. The van der Waals surface area contributed by atoms with Crippen LogP contribution < -0.4 is 16.2 Å². The number of rotatable bonds is 4. The molecule has 2 aromatic rings. The standard InChI is InChI=1S/C14H15F3N4/c1-8(9-5-3-4-6-10(9)15)21(2)14-12(17)7-11(16)13(19-14)20-18/h3-8H,18H2,1-2H3,(H,19,20). The molecular formula is C14H15F3N4. The summed E-state index contributed by atoms with van der Waals surface area (Å²) in [5, 5.41) is 0. The molecule has 1 aromatic heterocycles. The fourth-order valence-electron chi connectivity index (χ4n) is 2.01. The number of hydrazine groups is 1. The lowest BCUT2D eigenvalue weighted by Gasteiger charge is -2.27. The zero-order valence-corrected chi connectivity index (χ0v) is 11.6. The monoisotopic (exact) mass is 296 g/mol. The van der Waals surface area contributed by atoms with Gasteiger partial charge in [-0.15, -0.1) is 0 Å². The summed E-state index contributed by atoms with van der Waals surface area (Å²) >= 11 is 0. The van der Waals surface area contributed by atoms with Crippen LogP contribution in [0.3, 0.4) is 0 Å². The van der Waals surface area contributed by atoms with Crippen LogP contribution >= 0.6 is 0 Å². The number of pyridine rings is 1. The first kappa shape index (κ1) is 15.1. The molecule has 0 saturated heterocycles. The summed E-state index contributed by atoms with van der Waals surface area (Å²) in [7, 11) is 1.54. The molecule has 0 aliphatic carbocycles. The molecule has 1 atom stereocenters. The maximum absolute atomic E-state index is 13.9. The molecule has 1 aromatic carbocycles. The van der Waals surface area contributed by atoms with Gasteiger partial charge >= 0.3 is 0 Å². The van der Waals surface area contributed by atoms with Crippen molar-refractivity contribution in [1.82, 2.24) is 4.98 Å². The summed E-state index contributed by atoms with van der Waals surface area (Å²) in [6, 6.07) is 6.36. The Kier molecular flexibility index (Phi) is 4.32. The number of benzene rings is 1. The average molecular weight is 296 g/mol. The van der Waals surface area contributed by atoms with Gasteiger partial charge in [0.1, 0.15) is 5.82 Å². The lowest BCUT2D eigenvalue weighted by molar-refractivity contribution is 0.555. The Morgan fingerprint density at radius 3 is 2.43 bits per heavy atom. The largest absolute Gasteiger partial charge is 0.350 e. The van der Waals surface area contributed by atoms with E-state index < -0.39 is 23.5 Å². The second-order valence-corrected chi connectivity index (χ2v) is 4.58. The number of anilines is 2. The highest BCUT2D eigenvalue weighted by molar-refractivity contribution is 5.50. The number of nitrogen functional groups attached to an aromatic ring is 1. The third-order valence-corrected chi connectivity index (χ3v) is 3.32. The van der Waals surface area contributed by atoms with Crippen molar-refractivity contribution >= 4 is 11.6 Å². The van der Waals surface area contributed by atoms with Crippen LogP contribution in [0.1, 0.15) is 18.5 Å². The molecule has 0 fully saturated rings. The van der Waals surface area contributed by atoms with Gasteiger partial charge in [-0.25, -0.2) is 24.0 Å². The molecule has 7 heteroatoms. The molecule has 1 unspecified atom stereocenters. The van der Waals surface area contributed by atoms with Crippen LogP contribution in [0.5, 0.6) is 0 Å². The Hall–Kier alpha value is -2.28. The molecule has 0 saturated carbocycles. The molecule has 2 rings (SSSR count). The third kappa shape index (κ3) is 2.92. The zero-order valence-electron chi connectivity index (χ0n) is 11.6. The molecule has 0 radical (unpaired) electrons. The number of nitrogens with one attached hydrogen (secondary N) is 1. The van der Waals surface area contributed by atoms with Crippen LogP contribution in [0.2, 0.25) is 0 Å². The fourth-order valence-corrected chi connectivity index (χ4v) is 2.01. The van der Waals surface area contributed by atoms with Gasteiger partial charge in [-0.2, -0.15) is 0 Å². The van der Waals surface area contributed by atoms with E-state index in [1.54, 1.807) is 32.2 Å². The van der Waals surface area contributed by atoms with Crippen molar-refractivity contribution in [2.45, 2.75) is 13.0 Å². The number of nitrogens with two attached hydrogens (primary N) is 1. The van der Waals surface area contributed by atoms with Gasteiger partial charge < -0.3 is 10.3 Å². The van der Waals surface area contributed by atoms with E-state index >= 15 is 0 Å². The Morgan fingerprint density at radius 2 is 1.81 bits per heavy atom. The molecule has 0 bridgehead atoms. The zero-order chi connectivity index (χ0) is 15.6. The van der Waals surface area contributed by atoms with Crippen molar-refractivity contribution < 1.29 is 13.2 Å². The maximum atomic E-state index is 13.9. The van der Waals surface area contributed by atoms with E-state index in [1.807, 2.05) is 0 Å². The Labute approximate surface area is 120 Å². The Bertz CT molecular complexity index is 648. The van der Waals surface area contributed by atoms with Crippen LogP contribution in [0.4, 0.5) is 24.8 Å². The number of halogens is 3. The maximum Gasteiger partial charge on any atom is 0.178 e. The summed E-state index contributed by atoms with van der Waals surface area (Å²) in [6.07, 6.45) is 0. The van der Waals surface area contributed by atoms with Crippen LogP contribution in [0.25, 0.3) is 0 Å². The summed E-state index contributed by atoms with van der Waals surface area (Å²) in [5.74, 6) is 2.57. The van der Waals surface area contributed by atoms with Crippen molar-refractivity contribution in [1.29, 1.82) is 0 Å². The first-order valence-electron chi connectivity index (χ1n) is 6.25. The molecule has 0 amide bonds. The Balaban J connectivity index is 2.40. The van der Waals surface area contributed by atoms with E-state index in [1.165, 1.54) is 11.0 Å². The SMILES string of the molecule is CC(c1ccccc1F)N(C)c1nc(NN)c(F)cc1F. The van der Waals surface area contributed by atoms with Gasteiger partial charge in [0.2, 0.25) is 0 Å². The van der Waals surface area contributed by atoms with Crippen molar-refractivity contribution in [2.75, 3.05) is 17.4 Å². The second-order valence-electron chi connectivity index (χ2n) is 4.58. The van der Waals surface area contributed by atoms with E-state index in [-0.39, 0.29) is 11.6 Å². The van der Waals surface area contributed by atoms with Crippen molar-refractivity contribution in [3.05, 3.63) is 53.3 Å². The molecule has 3 N–H and O–H groups in total. The summed E-state index contributed by atoms with van der Waals surface area (Å²) in [4.78, 5) is 5.19. The van der Waals surface area contributed by atoms with E-state index in [0.717, 1.165) is 0 Å². The normalized spacial score (nSPS) is 12.1. The average Bonchev–Trinajstić information content (AvgIpc) is 2.46. The van der Waals surface area contributed by atoms with E-state index in [9.17, 15) is 13.2 Å². The molecule has 0 aliphatic rings. The smallest absolute Gasteiger partial charge is 0.178 e. The number of hydrogen-bond acceptors (Lipinski definition) is 4. The van der Waals surface area contributed by atoms with Crippen LogP contribution in [0, 0.1) is 17.5 Å². The first-order valence-corrected chi connectivity index (χ1v) is 6.25. The van der Waals surface area contributed by atoms with Crippen molar-refractivity contribution in [2.24, 2.45) is 5.84 Å². The minimum absolute atomic E-state index is 0.125. The quantitative estimate of drug-likeness (QED) is 0.673. The molecule has 0 aliphatic heterocycles. The highest BCUT2D eigenvalue weighted by Gasteiger charge is 2.21. The number of aromatic nitrogens is 1. The van der Waals surface area contributed by atoms with Gasteiger partial charge in [0.05, 0.1) is 6.04 Å². The van der Waals surface area contributed by atoms with E-state index in [0.29, 0.717) is 11.6 Å². The lowest BCUT2D eigenvalue weighted by atomic mass is 10.1. The predicted molar refractivity (Wildman–Crippen MR) is 75.2 cm³/mol. The minimum Gasteiger partial charge on any atom is -0.350 e. The fraction of sp³-hybridized carbons (Fsp3) is 0.214. The molecular weight excluding hydrogens is 281 g/mol. The van der Waals surface area contributed by atoms with Crippen LogP contribution in [-0.4, -0.2) is 12.0 Å². The summed E-state index contributed by atoms with van der Waals surface area (Å²) < 4.78 is 41.0. The summed E-state index contributed by atoms with van der Waals surface area (Å²) in [5.41, 5.74) is 2.44. The second kappa shape index (κ2) is 6.01. The molecule has 112 valence electrons. The van der Waals surface area contributed by atoms with Crippen molar-refractivity contribution in [3.63, 3.8) is 0 Å². The van der Waals surface area contributed by atoms with Gasteiger partial charge in [0.25, 0.3) is 0 Å². The van der Waals surface area contributed by atoms with Gasteiger partial charge in [-0.05, 0) is 13.0 Å². The molecule has 1 heterocycles. The predicted octanol–water partition coefficient (Wildman–Crippen LogP) is 2.98. The van der Waals surface area contributed by atoms with E-state index in [2.05, 4.69) is 10.4 Å². The highest BCUT2D eigenvalue weighted by Crippen LogP contribution is 2.29. The third-order valence-electron chi connectivity index (χ3n) is 3.32. The highest BCUT2D eigenvalue weighted by atomic mass is 19.1. The number of hydrogen-bond donors (Lipinski definition) is 2. The number of nitrogens with zero attached hydrogens (tertiary/aromatic N) is 2. The van der Waals surface area contributed by atoms with Gasteiger partial charge in [0.15, 0.2) is 23.3 Å². The Morgan fingerprint density at radius 1 is 1.14 bits per heavy atom. The van der Waals surface area contributed by atoms with Crippen molar-refractivity contribution in [3.8, 4) is 0 Å². The minimum atomic E-state index is -0.898.